The Balaban J connectivity index is 2.00. The van der Waals surface area contributed by atoms with Crippen molar-refractivity contribution in [2.75, 3.05) is 11.9 Å². The SMILES string of the molecule is C=CCNc1nccn1CCc1ccccc1C. The van der Waals surface area contributed by atoms with Crippen molar-refractivity contribution in [1.29, 1.82) is 0 Å². The lowest BCUT2D eigenvalue weighted by molar-refractivity contribution is 0.699. The van der Waals surface area contributed by atoms with Crippen LogP contribution in [-0.4, -0.2) is 16.1 Å². The van der Waals surface area contributed by atoms with Crippen molar-refractivity contribution in [2.24, 2.45) is 0 Å². The van der Waals surface area contributed by atoms with Crippen LogP contribution in [0.2, 0.25) is 0 Å². The predicted octanol–water partition coefficient (Wildman–Crippen LogP) is 3.03. The molecular formula is C15H19N3. The maximum Gasteiger partial charge on any atom is 0.203 e. The van der Waals surface area contributed by atoms with Gasteiger partial charge in [0.2, 0.25) is 5.95 Å². The first kappa shape index (κ1) is 12.4. The molecule has 3 heteroatoms. The Kier molecular flexibility index (Phi) is 4.18. The van der Waals surface area contributed by atoms with Gasteiger partial charge in [0.25, 0.3) is 0 Å². The van der Waals surface area contributed by atoms with Crippen molar-refractivity contribution in [3.05, 3.63) is 60.4 Å². The highest BCUT2D eigenvalue weighted by atomic mass is 15.2. The molecule has 1 heterocycles. The molecule has 0 aliphatic carbocycles. The molecule has 3 nitrogen and oxygen atoms in total. The zero-order valence-electron chi connectivity index (χ0n) is 10.8. The van der Waals surface area contributed by atoms with Crippen molar-refractivity contribution < 1.29 is 0 Å². The van der Waals surface area contributed by atoms with E-state index >= 15 is 0 Å². The number of rotatable bonds is 6. The van der Waals surface area contributed by atoms with Crippen LogP contribution in [0.5, 0.6) is 0 Å². The van der Waals surface area contributed by atoms with Crippen LogP contribution in [0.1, 0.15) is 11.1 Å². The summed E-state index contributed by atoms with van der Waals surface area (Å²) >= 11 is 0. The molecule has 0 aliphatic heterocycles. The molecule has 0 amide bonds. The topological polar surface area (TPSA) is 29.9 Å². The van der Waals surface area contributed by atoms with Crippen LogP contribution in [-0.2, 0) is 13.0 Å². The highest BCUT2D eigenvalue weighted by Gasteiger charge is 2.02. The van der Waals surface area contributed by atoms with E-state index in [0.717, 1.165) is 25.5 Å². The predicted molar refractivity (Wildman–Crippen MR) is 75.8 cm³/mol. The molecule has 94 valence electrons. The van der Waals surface area contributed by atoms with E-state index in [1.807, 2.05) is 18.5 Å². The second-order valence-corrected chi connectivity index (χ2v) is 4.29. The molecule has 1 aromatic heterocycles. The molecule has 0 bridgehead atoms. The average molecular weight is 241 g/mol. The largest absolute Gasteiger partial charge is 0.352 e. The number of aryl methyl sites for hydroxylation is 3. The van der Waals surface area contributed by atoms with Gasteiger partial charge >= 0.3 is 0 Å². The molecule has 0 atom stereocenters. The van der Waals surface area contributed by atoms with Gasteiger partial charge in [-0.25, -0.2) is 4.98 Å². The highest BCUT2D eigenvalue weighted by molar-refractivity contribution is 5.28. The molecule has 0 unspecified atom stereocenters. The third-order valence-corrected chi connectivity index (χ3v) is 3.00. The van der Waals surface area contributed by atoms with Crippen molar-refractivity contribution in [3.63, 3.8) is 0 Å². The van der Waals surface area contributed by atoms with Gasteiger partial charge in [0.15, 0.2) is 0 Å². The first-order valence-electron chi connectivity index (χ1n) is 6.21. The van der Waals surface area contributed by atoms with Crippen LogP contribution < -0.4 is 5.32 Å². The summed E-state index contributed by atoms with van der Waals surface area (Å²) in [4.78, 5) is 4.29. The Morgan fingerprint density at radius 2 is 2.22 bits per heavy atom. The molecule has 2 aromatic rings. The second-order valence-electron chi connectivity index (χ2n) is 4.29. The summed E-state index contributed by atoms with van der Waals surface area (Å²) in [6.07, 6.45) is 6.68. The number of imidazole rings is 1. The third kappa shape index (κ3) is 3.00. The van der Waals surface area contributed by atoms with Gasteiger partial charge in [-0.2, -0.15) is 0 Å². The average Bonchev–Trinajstić information content (AvgIpc) is 2.83. The Bertz CT molecular complexity index is 514. The van der Waals surface area contributed by atoms with Crippen LogP contribution in [0.4, 0.5) is 5.95 Å². The van der Waals surface area contributed by atoms with Crippen LogP contribution in [0.3, 0.4) is 0 Å². The van der Waals surface area contributed by atoms with Gasteiger partial charge in [-0.15, -0.1) is 6.58 Å². The Hall–Kier alpha value is -2.03. The molecule has 1 N–H and O–H groups in total. The van der Waals surface area contributed by atoms with E-state index in [-0.39, 0.29) is 0 Å². The summed E-state index contributed by atoms with van der Waals surface area (Å²) in [5, 5.41) is 3.23. The number of aromatic nitrogens is 2. The second kappa shape index (κ2) is 6.05. The fraction of sp³-hybridized carbons (Fsp3) is 0.267. The molecular weight excluding hydrogens is 222 g/mol. The van der Waals surface area contributed by atoms with Gasteiger partial charge in [-0.05, 0) is 24.5 Å². The van der Waals surface area contributed by atoms with Crippen molar-refractivity contribution >= 4 is 5.95 Å². The van der Waals surface area contributed by atoms with E-state index in [4.69, 9.17) is 0 Å². The first-order chi connectivity index (χ1) is 8.81. The van der Waals surface area contributed by atoms with Gasteiger partial charge in [-0.1, -0.05) is 30.3 Å². The Morgan fingerprint density at radius 1 is 1.39 bits per heavy atom. The van der Waals surface area contributed by atoms with Crippen molar-refractivity contribution in [1.82, 2.24) is 9.55 Å². The lowest BCUT2D eigenvalue weighted by atomic mass is 10.1. The van der Waals surface area contributed by atoms with E-state index in [9.17, 15) is 0 Å². The summed E-state index contributed by atoms with van der Waals surface area (Å²) in [5.41, 5.74) is 2.74. The molecule has 0 spiro atoms. The van der Waals surface area contributed by atoms with E-state index < -0.39 is 0 Å². The molecule has 18 heavy (non-hydrogen) atoms. The zero-order chi connectivity index (χ0) is 12.8. The van der Waals surface area contributed by atoms with E-state index in [0.29, 0.717) is 0 Å². The molecule has 0 fully saturated rings. The number of nitrogens with one attached hydrogen (secondary N) is 1. The Labute approximate surface area is 108 Å². The van der Waals surface area contributed by atoms with Crippen molar-refractivity contribution in [2.45, 2.75) is 19.9 Å². The van der Waals surface area contributed by atoms with Crippen LogP contribution >= 0.6 is 0 Å². The smallest absolute Gasteiger partial charge is 0.203 e. The van der Waals surface area contributed by atoms with Gasteiger partial charge in [-0.3, -0.25) is 0 Å². The minimum atomic E-state index is 0.737. The molecule has 1 aromatic carbocycles. The number of hydrogen-bond acceptors (Lipinski definition) is 2. The fourth-order valence-electron chi connectivity index (χ4n) is 1.95. The highest BCUT2D eigenvalue weighted by Crippen LogP contribution is 2.11. The Morgan fingerprint density at radius 3 is 3.00 bits per heavy atom. The van der Waals surface area contributed by atoms with Gasteiger partial charge in [0.1, 0.15) is 0 Å². The molecule has 0 aliphatic rings. The third-order valence-electron chi connectivity index (χ3n) is 3.00. The molecule has 0 radical (unpaired) electrons. The lowest BCUT2D eigenvalue weighted by Crippen LogP contribution is -2.08. The lowest BCUT2D eigenvalue weighted by Gasteiger charge is -2.10. The molecule has 2 rings (SSSR count). The van der Waals surface area contributed by atoms with Gasteiger partial charge in [0.05, 0.1) is 0 Å². The van der Waals surface area contributed by atoms with E-state index in [2.05, 4.69) is 52.6 Å². The summed E-state index contributed by atoms with van der Waals surface area (Å²) in [6, 6.07) is 8.50. The standard InChI is InChI=1S/C15H19N3/c1-3-9-16-15-17-10-12-18(15)11-8-14-7-5-4-6-13(14)2/h3-7,10,12H,1,8-9,11H2,2H3,(H,16,17). The summed E-state index contributed by atoms with van der Waals surface area (Å²) in [6.45, 7) is 7.52. The maximum absolute atomic E-state index is 4.29. The van der Waals surface area contributed by atoms with Crippen LogP contribution in [0, 0.1) is 6.92 Å². The van der Waals surface area contributed by atoms with E-state index in [1.165, 1.54) is 11.1 Å². The van der Waals surface area contributed by atoms with Crippen LogP contribution in [0.15, 0.2) is 49.3 Å². The number of nitrogens with zero attached hydrogens (tertiary/aromatic N) is 2. The van der Waals surface area contributed by atoms with Gasteiger partial charge < -0.3 is 9.88 Å². The number of benzene rings is 1. The summed E-state index contributed by atoms with van der Waals surface area (Å²) in [5.74, 6) is 0.906. The minimum absolute atomic E-state index is 0.737. The minimum Gasteiger partial charge on any atom is -0.352 e. The monoisotopic (exact) mass is 241 g/mol. The van der Waals surface area contributed by atoms with Crippen molar-refractivity contribution in [3.8, 4) is 0 Å². The van der Waals surface area contributed by atoms with Gasteiger partial charge in [0, 0.05) is 25.5 Å². The normalized spacial score (nSPS) is 10.3. The number of anilines is 1. The quantitative estimate of drug-likeness (QED) is 0.788. The molecule has 0 saturated carbocycles. The van der Waals surface area contributed by atoms with Crippen LogP contribution in [0.25, 0.3) is 0 Å². The fourth-order valence-corrected chi connectivity index (χ4v) is 1.95. The molecule has 0 saturated heterocycles. The van der Waals surface area contributed by atoms with E-state index in [1.54, 1.807) is 0 Å². The summed E-state index contributed by atoms with van der Waals surface area (Å²) < 4.78 is 2.13. The number of hydrogen-bond donors (Lipinski definition) is 1. The maximum atomic E-state index is 4.29. The summed E-state index contributed by atoms with van der Waals surface area (Å²) in [7, 11) is 0. The zero-order valence-corrected chi connectivity index (χ0v) is 10.8. The first-order valence-corrected chi connectivity index (χ1v) is 6.21.